The SMILES string of the molecule is [C-]#[N+]CCOP(OC[C@H]1O[C@@H](n2cc(C)c(=O)[nH]c2=O)C[C@@H]1C)N(C(C)C)C(C)C. The van der Waals surface area contributed by atoms with Crippen molar-refractivity contribution in [3.8, 4) is 0 Å². The molecule has 168 valence electrons. The van der Waals surface area contributed by atoms with Gasteiger partial charge in [-0.3, -0.25) is 14.3 Å². The Hall–Kier alpha value is -1.56. The number of nitrogens with zero attached hydrogens (tertiary/aromatic N) is 3. The zero-order valence-corrected chi connectivity index (χ0v) is 19.5. The topological polar surface area (TPSA) is 90.1 Å². The van der Waals surface area contributed by atoms with E-state index in [-0.39, 0.29) is 29.7 Å². The van der Waals surface area contributed by atoms with Crippen LogP contribution >= 0.6 is 8.53 Å². The summed E-state index contributed by atoms with van der Waals surface area (Å²) < 4.78 is 21.8. The van der Waals surface area contributed by atoms with Gasteiger partial charge in [0.05, 0.1) is 12.7 Å². The molecule has 0 aromatic carbocycles. The largest absolute Gasteiger partial charge is 0.352 e. The molecular weight excluding hydrogens is 407 g/mol. The summed E-state index contributed by atoms with van der Waals surface area (Å²) in [5.41, 5.74) is -0.390. The molecule has 1 aliphatic heterocycles. The molecule has 0 aliphatic carbocycles. The first-order valence-corrected chi connectivity index (χ1v) is 11.4. The number of hydrogen-bond donors (Lipinski definition) is 1. The average Bonchev–Trinajstić information content (AvgIpc) is 3.02. The van der Waals surface area contributed by atoms with Gasteiger partial charge in [-0.05, 0) is 47.0 Å². The summed E-state index contributed by atoms with van der Waals surface area (Å²) in [6, 6.07) is 0.447. The number of ether oxygens (including phenoxy) is 1. The van der Waals surface area contributed by atoms with Crippen molar-refractivity contribution in [1.82, 2.24) is 14.2 Å². The lowest BCUT2D eigenvalue weighted by atomic mass is 10.0. The molecule has 1 fully saturated rings. The van der Waals surface area contributed by atoms with Gasteiger partial charge in [0.1, 0.15) is 12.8 Å². The molecule has 0 spiro atoms. The minimum atomic E-state index is -1.34. The zero-order valence-electron chi connectivity index (χ0n) is 18.6. The average molecular weight is 440 g/mol. The van der Waals surface area contributed by atoms with Crippen LogP contribution in [0.4, 0.5) is 0 Å². The molecular formula is C20H33N4O5P. The van der Waals surface area contributed by atoms with Crippen molar-refractivity contribution >= 4 is 8.53 Å². The van der Waals surface area contributed by atoms with Gasteiger partial charge in [-0.2, -0.15) is 0 Å². The number of aromatic nitrogens is 2. The number of rotatable bonds is 10. The third-order valence-electron chi connectivity index (χ3n) is 5.00. The van der Waals surface area contributed by atoms with Gasteiger partial charge in [-0.1, -0.05) is 6.92 Å². The summed E-state index contributed by atoms with van der Waals surface area (Å²) in [7, 11) is -1.34. The quantitative estimate of drug-likeness (QED) is 0.342. The predicted octanol–water partition coefficient (Wildman–Crippen LogP) is 3.07. The maximum Gasteiger partial charge on any atom is 0.330 e. The summed E-state index contributed by atoms with van der Waals surface area (Å²) in [6.45, 7) is 20.0. The Kier molecular flexibility index (Phi) is 9.20. The van der Waals surface area contributed by atoms with Crippen molar-refractivity contribution in [2.75, 3.05) is 19.8 Å². The third kappa shape index (κ3) is 6.22. The van der Waals surface area contributed by atoms with Crippen LogP contribution in [0.3, 0.4) is 0 Å². The van der Waals surface area contributed by atoms with Crippen LogP contribution in [0.1, 0.15) is 52.8 Å². The van der Waals surface area contributed by atoms with Crippen molar-refractivity contribution in [3.63, 3.8) is 0 Å². The molecule has 0 bridgehead atoms. The van der Waals surface area contributed by atoms with Crippen LogP contribution in [-0.2, 0) is 13.8 Å². The second-order valence-electron chi connectivity index (χ2n) is 8.14. The summed E-state index contributed by atoms with van der Waals surface area (Å²) >= 11 is 0. The molecule has 30 heavy (non-hydrogen) atoms. The molecule has 9 nitrogen and oxygen atoms in total. The van der Waals surface area contributed by atoms with Gasteiger partial charge < -0.3 is 18.6 Å². The highest BCUT2D eigenvalue weighted by Crippen LogP contribution is 2.47. The zero-order chi connectivity index (χ0) is 22.4. The van der Waals surface area contributed by atoms with E-state index in [4.69, 9.17) is 20.4 Å². The molecule has 1 aliphatic rings. The van der Waals surface area contributed by atoms with Crippen LogP contribution in [0.25, 0.3) is 4.85 Å². The molecule has 1 aromatic rings. The number of hydrogen-bond acceptors (Lipinski definition) is 6. The second-order valence-corrected chi connectivity index (χ2v) is 9.59. The lowest BCUT2D eigenvalue weighted by Gasteiger charge is -2.36. The Labute approximate surface area is 179 Å². The van der Waals surface area contributed by atoms with Crippen LogP contribution in [0, 0.1) is 19.4 Å². The summed E-state index contributed by atoms with van der Waals surface area (Å²) in [5.74, 6) is 0.167. The predicted molar refractivity (Wildman–Crippen MR) is 116 cm³/mol. The number of H-pyrrole nitrogens is 1. The number of nitrogens with one attached hydrogen (secondary N) is 1. The van der Waals surface area contributed by atoms with Gasteiger partial charge in [0, 0.05) is 23.8 Å². The van der Waals surface area contributed by atoms with Crippen molar-refractivity contribution in [3.05, 3.63) is 44.0 Å². The molecule has 0 amide bonds. The Morgan fingerprint density at radius 2 is 2.00 bits per heavy atom. The van der Waals surface area contributed by atoms with Gasteiger partial charge in [0.25, 0.3) is 14.1 Å². The fourth-order valence-electron chi connectivity index (χ4n) is 3.49. The van der Waals surface area contributed by atoms with Gasteiger partial charge in [0.2, 0.25) is 6.54 Å². The van der Waals surface area contributed by atoms with E-state index >= 15 is 0 Å². The fraction of sp³-hybridized carbons (Fsp3) is 0.750. The molecule has 0 saturated carbocycles. The van der Waals surface area contributed by atoms with Crippen LogP contribution in [0.15, 0.2) is 15.8 Å². The Balaban J connectivity index is 2.08. The molecule has 2 rings (SSSR count). The number of aryl methyl sites for hydroxylation is 1. The first-order chi connectivity index (χ1) is 14.1. The molecule has 1 N–H and O–H groups in total. The van der Waals surface area contributed by atoms with Crippen LogP contribution in [0.2, 0.25) is 0 Å². The Morgan fingerprint density at radius 3 is 2.60 bits per heavy atom. The van der Waals surface area contributed by atoms with Crippen LogP contribution < -0.4 is 11.2 Å². The van der Waals surface area contributed by atoms with E-state index in [0.717, 1.165) is 0 Å². The van der Waals surface area contributed by atoms with E-state index < -0.39 is 20.4 Å². The van der Waals surface area contributed by atoms with E-state index in [2.05, 4.69) is 49.1 Å². The smallest absolute Gasteiger partial charge is 0.330 e. The van der Waals surface area contributed by atoms with Gasteiger partial charge in [-0.25, -0.2) is 16.0 Å². The highest BCUT2D eigenvalue weighted by atomic mass is 31.2. The summed E-state index contributed by atoms with van der Waals surface area (Å²) in [4.78, 5) is 29.5. The maximum atomic E-state index is 12.2. The molecule has 1 unspecified atom stereocenters. The van der Waals surface area contributed by atoms with Crippen LogP contribution in [0.5, 0.6) is 0 Å². The van der Waals surface area contributed by atoms with Gasteiger partial charge in [0.15, 0.2) is 0 Å². The molecule has 0 radical (unpaired) electrons. The highest BCUT2D eigenvalue weighted by molar-refractivity contribution is 7.44. The Morgan fingerprint density at radius 1 is 1.33 bits per heavy atom. The molecule has 1 saturated heterocycles. The monoisotopic (exact) mass is 440 g/mol. The lowest BCUT2D eigenvalue weighted by molar-refractivity contribution is -0.0290. The summed E-state index contributed by atoms with van der Waals surface area (Å²) in [6.07, 6.45) is 1.54. The van der Waals surface area contributed by atoms with E-state index in [0.29, 0.717) is 31.7 Å². The minimum Gasteiger partial charge on any atom is -0.352 e. The normalized spacial score (nSPS) is 22.7. The van der Waals surface area contributed by atoms with Crippen molar-refractivity contribution in [2.45, 2.75) is 72.4 Å². The molecule has 4 atom stereocenters. The second kappa shape index (κ2) is 11.2. The highest BCUT2D eigenvalue weighted by Gasteiger charge is 2.36. The standard InChI is InChI=1S/C20H33N4O5P/c1-13(2)24(14(3)4)30(27-9-8-21-7)28-12-17-15(5)10-18(29-17)23-11-16(6)19(25)22-20(23)26/h11,13-15,17-18H,8-10,12H2,1-6H3,(H,22,25,26)/t15-,17+,18+,30?/m0/s1. The minimum absolute atomic E-state index is 0.167. The maximum absolute atomic E-state index is 12.2. The molecule has 2 heterocycles. The fourth-order valence-corrected chi connectivity index (χ4v) is 5.10. The first-order valence-electron chi connectivity index (χ1n) is 10.3. The molecule has 10 heteroatoms. The van der Waals surface area contributed by atoms with E-state index in [9.17, 15) is 9.59 Å². The molecule has 1 aromatic heterocycles. The van der Waals surface area contributed by atoms with Gasteiger partial charge >= 0.3 is 5.69 Å². The van der Waals surface area contributed by atoms with E-state index in [1.165, 1.54) is 4.57 Å². The third-order valence-corrected chi connectivity index (χ3v) is 7.07. The Bertz CT molecular complexity index is 839. The van der Waals surface area contributed by atoms with E-state index in [1.807, 2.05) is 0 Å². The number of aromatic amines is 1. The summed E-state index contributed by atoms with van der Waals surface area (Å²) in [5, 5.41) is 0. The van der Waals surface area contributed by atoms with Crippen molar-refractivity contribution < 1.29 is 13.8 Å². The van der Waals surface area contributed by atoms with E-state index in [1.54, 1.807) is 13.1 Å². The van der Waals surface area contributed by atoms with Crippen molar-refractivity contribution in [1.29, 1.82) is 0 Å². The van der Waals surface area contributed by atoms with Gasteiger partial charge in [-0.15, -0.1) is 0 Å². The van der Waals surface area contributed by atoms with Crippen LogP contribution in [-0.4, -0.2) is 52.2 Å². The lowest BCUT2D eigenvalue weighted by Crippen LogP contribution is -2.35. The van der Waals surface area contributed by atoms with Crippen molar-refractivity contribution in [2.24, 2.45) is 5.92 Å². The first kappa shape index (κ1) is 24.7.